The molecule has 20 heavy (non-hydrogen) atoms. The lowest BCUT2D eigenvalue weighted by Crippen LogP contribution is -2.39. The van der Waals surface area contributed by atoms with E-state index in [4.69, 9.17) is 10.2 Å². The molecule has 1 saturated carbocycles. The number of nitrogens with one attached hydrogen (secondary N) is 1. The lowest BCUT2D eigenvalue weighted by molar-refractivity contribution is 0.0600. The number of rotatable bonds is 5. The van der Waals surface area contributed by atoms with Crippen LogP contribution in [0, 0.1) is 5.92 Å². The summed E-state index contributed by atoms with van der Waals surface area (Å²) < 4.78 is 36.4. The van der Waals surface area contributed by atoms with E-state index in [1.807, 2.05) is 0 Å². The minimum absolute atomic E-state index is 0.0645. The van der Waals surface area contributed by atoms with E-state index >= 15 is 0 Å². The lowest BCUT2D eigenvalue weighted by atomic mass is 10.1. The summed E-state index contributed by atoms with van der Waals surface area (Å²) in [6.45, 7) is 0.443. The van der Waals surface area contributed by atoms with Gasteiger partial charge in [-0.05, 0) is 25.3 Å². The maximum Gasteiger partial charge on any atom is 0.341 e. The van der Waals surface area contributed by atoms with E-state index < -0.39 is 16.0 Å². The number of hydrogen-bond donors (Lipinski definition) is 2. The highest BCUT2D eigenvalue weighted by molar-refractivity contribution is 7.89. The molecule has 0 aromatic carbocycles. The van der Waals surface area contributed by atoms with Gasteiger partial charge in [-0.2, -0.15) is 0 Å². The summed E-state index contributed by atoms with van der Waals surface area (Å²) in [5, 5.41) is -0.291. The molecule has 1 aromatic rings. The van der Waals surface area contributed by atoms with Gasteiger partial charge in [-0.15, -0.1) is 0 Å². The van der Waals surface area contributed by atoms with Crippen LogP contribution in [0.4, 0.5) is 0 Å². The molecule has 1 fully saturated rings. The molecule has 0 bridgehead atoms. The zero-order valence-electron chi connectivity index (χ0n) is 11.2. The molecular formula is C12H18N2O5S. The van der Waals surface area contributed by atoms with Crippen LogP contribution in [-0.4, -0.2) is 34.1 Å². The second kappa shape index (κ2) is 5.94. The molecule has 0 saturated heterocycles. The number of sulfonamides is 1. The van der Waals surface area contributed by atoms with Crippen LogP contribution in [-0.2, 0) is 14.8 Å². The summed E-state index contributed by atoms with van der Waals surface area (Å²) in [6.07, 6.45) is 3.68. The molecule has 2 atom stereocenters. The molecule has 8 heteroatoms. The highest BCUT2D eigenvalue weighted by atomic mass is 32.2. The Morgan fingerprint density at radius 3 is 2.95 bits per heavy atom. The zero-order valence-corrected chi connectivity index (χ0v) is 12.0. The second-order valence-corrected chi connectivity index (χ2v) is 6.45. The number of carbonyl (C=O) groups is 1. The van der Waals surface area contributed by atoms with Gasteiger partial charge in [-0.25, -0.2) is 17.9 Å². The first-order chi connectivity index (χ1) is 9.47. The van der Waals surface area contributed by atoms with Gasteiger partial charge >= 0.3 is 5.97 Å². The van der Waals surface area contributed by atoms with Crippen LogP contribution in [0.15, 0.2) is 21.8 Å². The van der Waals surface area contributed by atoms with E-state index in [-0.39, 0.29) is 22.6 Å². The van der Waals surface area contributed by atoms with Crippen molar-refractivity contribution in [1.82, 2.24) is 4.72 Å². The molecule has 1 heterocycles. The molecule has 1 aromatic heterocycles. The van der Waals surface area contributed by atoms with Gasteiger partial charge in [0.2, 0.25) is 5.09 Å². The summed E-state index contributed by atoms with van der Waals surface area (Å²) in [5.74, 6) is -0.504. The summed E-state index contributed by atoms with van der Waals surface area (Å²) in [6, 6.07) is 0.970. The normalized spacial score (nSPS) is 22.9. The van der Waals surface area contributed by atoms with Crippen LogP contribution in [0.3, 0.4) is 0 Å². The summed E-state index contributed by atoms with van der Waals surface area (Å²) in [5.41, 5.74) is 5.69. The van der Waals surface area contributed by atoms with Crippen LogP contribution >= 0.6 is 0 Å². The Labute approximate surface area is 117 Å². The molecule has 0 radical (unpaired) electrons. The number of furan rings is 1. The first-order valence-corrected chi connectivity index (χ1v) is 7.85. The van der Waals surface area contributed by atoms with E-state index in [0.717, 1.165) is 31.6 Å². The third-order valence-electron chi connectivity index (χ3n) is 3.53. The van der Waals surface area contributed by atoms with Crippen LogP contribution in [0.2, 0.25) is 0 Å². The number of nitrogens with two attached hydrogens (primary N) is 1. The molecule has 0 aliphatic heterocycles. The molecular weight excluding hydrogens is 284 g/mol. The predicted octanol–water partition coefficient (Wildman–Crippen LogP) is 0.472. The largest absolute Gasteiger partial charge is 0.465 e. The molecule has 2 rings (SSSR count). The van der Waals surface area contributed by atoms with Gasteiger partial charge in [0.15, 0.2) is 0 Å². The fourth-order valence-electron chi connectivity index (χ4n) is 2.41. The Morgan fingerprint density at radius 2 is 2.30 bits per heavy atom. The van der Waals surface area contributed by atoms with E-state index in [1.165, 1.54) is 7.11 Å². The third kappa shape index (κ3) is 3.02. The first kappa shape index (κ1) is 15.0. The average molecular weight is 302 g/mol. The highest BCUT2D eigenvalue weighted by Gasteiger charge is 2.32. The Kier molecular flexibility index (Phi) is 4.46. The van der Waals surface area contributed by atoms with Crippen molar-refractivity contribution in [2.75, 3.05) is 13.7 Å². The fourth-order valence-corrected chi connectivity index (χ4v) is 3.70. The maximum absolute atomic E-state index is 12.2. The molecule has 7 nitrogen and oxygen atoms in total. The molecule has 112 valence electrons. The number of carbonyl (C=O) groups excluding carboxylic acids is 1. The van der Waals surface area contributed by atoms with Crippen molar-refractivity contribution in [3.05, 3.63) is 17.9 Å². The standard InChI is InChI=1S/C12H18N2O5S/c1-18-12(15)9-5-11(19-7-9)20(16,17)14-10-4-2-3-8(10)6-13/h5,7-8,10,14H,2-4,6,13H2,1H3. The van der Waals surface area contributed by atoms with Crippen LogP contribution in [0.1, 0.15) is 29.6 Å². The summed E-state index contributed by atoms with van der Waals surface area (Å²) in [4.78, 5) is 11.3. The van der Waals surface area contributed by atoms with Crippen molar-refractivity contribution in [3.63, 3.8) is 0 Å². The van der Waals surface area contributed by atoms with E-state index in [1.54, 1.807) is 0 Å². The van der Waals surface area contributed by atoms with Crippen molar-refractivity contribution >= 4 is 16.0 Å². The van der Waals surface area contributed by atoms with Crippen molar-refractivity contribution < 1.29 is 22.4 Å². The smallest absolute Gasteiger partial charge is 0.341 e. The van der Waals surface area contributed by atoms with Crippen LogP contribution < -0.4 is 10.5 Å². The van der Waals surface area contributed by atoms with Gasteiger partial charge in [0.25, 0.3) is 10.0 Å². The molecule has 0 amide bonds. The lowest BCUT2D eigenvalue weighted by Gasteiger charge is -2.18. The van der Waals surface area contributed by atoms with E-state index in [2.05, 4.69) is 9.46 Å². The van der Waals surface area contributed by atoms with Gasteiger partial charge < -0.3 is 14.9 Å². The van der Waals surface area contributed by atoms with Crippen LogP contribution in [0.25, 0.3) is 0 Å². The first-order valence-electron chi connectivity index (χ1n) is 6.37. The average Bonchev–Trinajstić information content (AvgIpc) is 3.06. The van der Waals surface area contributed by atoms with Crippen LogP contribution in [0.5, 0.6) is 0 Å². The molecule has 1 aliphatic carbocycles. The second-order valence-electron chi connectivity index (χ2n) is 4.80. The van der Waals surface area contributed by atoms with Gasteiger partial charge in [0.05, 0.1) is 12.7 Å². The Hall–Kier alpha value is -1.38. The van der Waals surface area contributed by atoms with Crippen molar-refractivity contribution in [3.8, 4) is 0 Å². The predicted molar refractivity (Wildman–Crippen MR) is 70.6 cm³/mol. The Bertz CT molecular complexity index is 580. The highest BCUT2D eigenvalue weighted by Crippen LogP contribution is 2.26. The number of hydrogen-bond acceptors (Lipinski definition) is 6. The van der Waals surface area contributed by atoms with E-state index in [0.29, 0.717) is 6.54 Å². The summed E-state index contributed by atoms with van der Waals surface area (Å²) in [7, 11) is -2.57. The van der Waals surface area contributed by atoms with Crippen molar-refractivity contribution in [2.24, 2.45) is 11.7 Å². The topological polar surface area (TPSA) is 112 Å². The third-order valence-corrected chi connectivity index (χ3v) is 4.89. The minimum atomic E-state index is -3.79. The zero-order chi connectivity index (χ0) is 14.8. The Balaban J connectivity index is 2.14. The van der Waals surface area contributed by atoms with Gasteiger partial charge in [0, 0.05) is 12.1 Å². The van der Waals surface area contributed by atoms with Gasteiger partial charge in [0.1, 0.15) is 6.26 Å². The number of methoxy groups -OCH3 is 1. The Morgan fingerprint density at radius 1 is 1.55 bits per heavy atom. The molecule has 2 unspecified atom stereocenters. The monoisotopic (exact) mass is 302 g/mol. The fraction of sp³-hybridized carbons (Fsp3) is 0.583. The summed E-state index contributed by atoms with van der Waals surface area (Å²) >= 11 is 0. The van der Waals surface area contributed by atoms with Crippen molar-refractivity contribution in [2.45, 2.75) is 30.4 Å². The van der Waals surface area contributed by atoms with Crippen molar-refractivity contribution in [1.29, 1.82) is 0 Å². The minimum Gasteiger partial charge on any atom is -0.465 e. The molecule has 0 spiro atoms. The maximum atomic E-state index is 12.2. The number of esters is 1. The number of ether oxygens (including phenoxy) is 1. The van der Waals surface area contributed by atoms with Gasteiger partial charge in [-0.1, -0.05) is 6.42 Å². The molecule has 3 N–H and O–H groups in total. The SMILES string of the molecule is COC(=O)c1coc(S(=O)(=O)NC2CCCC2CN)c1. The van der Waals surface area contributed by atoms with E-state index in [9.17, 15) is 13.2 Å². The quantitative estimate of drug-likeness (QED) is 0.765. The molecule has 1 aliphatic rings. The van der Waals surface area contributed by atoms with Gasteiger partial charge in [-0.3, -0.25) is 0 Å².